The average molecular weight is 450 g/mol. The number of nitro benzene ring substituents is 1. The standard InChI is InChI=1S/C15H14BrClN2O5S/c1-3-18(14-8-10(19(20)21)4-6-13(14)17)25(22,23)11-5-7-15(24-2)12(16)9-11/h4-9H,3H2,1-2H3. The first-order valence-corrected chi connectivity index (χ1v) is 9.63. The van der Waals surface area contributed by atoms with E-state index in [0.717, 1.165) is 10.4 Å². The molecule has 0 aliphatic heterocycles. The van der Waals surface area contributed by atoms with Crippen molar-refractivity contribution < 1.29 is 18.1 Å². The van der Waals surface area contributed by atoms with Crippen LogP contribution < -0.4 is 9.04 Å². The molecular formula is C15H14BrClN2O5S. The first-order valence-electron chi connectivity index (χ1n) is 7.02. The molecule has 0 aromatic heterocycles. The maximum atomic E-state index is 13.0. The van der Waals surface area contributed by atoms with Gasteiger partial charge in [0.1, 0.15) is 5.75 Å². The molecule has 0 bridgehead atoms. The number of anilines is 1. The summed E-state index contributed by atoms with van der Waals surface area (Å²) in [5, 5.41) is 11.1. The van der Waals surface area contributed by atoms with Crippen LogP contribution in [0.4, 0.5) is 11.4 Å². The molecule has 0 N–H and O–H groups in total. The second-order valence-corrected chi connectivity index (χ2v) is 7.98. The van der Waals surface area contributed by atoms with E-state index in [9.17, 15) is 18.5 Å². The minimum Gasteiger partial charge on any atom is -0.496 e. The summed E-state index contributed by atoms with van der Waals surface area (Å²) >= 11 is 9.34. The summed E-state index contributed by atoms with van der Waals surface area (Å²) in [5.74, 6) is 0.482. The van der Waals surface area contributed by atoms with Crippen molar-refractivity contribution in [2.24, 2.45) is 0 Å². The smallest absolute Gasteiger partial charge is 0.271 e. The number of sulfonamides is 1. The van der Waals surface area contributed by atoms with Gasteiger partial charge in [-0.15, -0.1) is 0 Å². The molecule has 0 atom stereocenters. The fourth-order valence-electron chi connectivity index (χ4n) is 2.21. The highest BCUT2D eigenvalue weighted by atomic mass is 79.9. The van der Waals surface area contributed by atoms with E-state index in [4.69, 9.17) is 16.3 Å². The third-order valence-electron chi connectivity index (χ3n) is 3.41. The van der Waals surface area contributed by atoms with Crippen LogP contribution in [0, 0.1) is 10.1 Å². The van der Waals surface area contributed by atoms with Gasteiger partial charge in [-0.2, -0.15) is 0 Å². The van der Waals surface area contributed by atoms with Crippen molar-refractivity contribution in [3.63, 3.8) is 0 Å². The number of rotatable bonds is 6. The van der Waals surface area contributed by atoms with E-state index in [2.05, 4.69) is 15.9 Å². The van der Waals surface area contributed by atoms with Crippen LogP contribution in [0.5, 0.6) is 5.75 Å². The third kappa shape index (κ3) is 3.88. The van der Waals surface area contributed by atoms with Crippen LogP contribution in [-0.2, 0) is 10.0 Å². The molecule has 0 saturated carbocycles. The molecular weight excluding hydrogens is 436 g/mol. The Morgan fingerprint density at radius 1 is 1.28 bits per heavy atom. The Bertz CT molecular complexity index is 920. The predicted octanol–water partition coefficient (Wildman–Crippen LogP) is 4.23. The van der Waals surface area contributed by atoms with Crippen LogP contribution in [0.25, 0.3) is 0 Å². The predicted molar refractivity (Wildman–Crippen MR) is 99.0 cm³/mol. The van der Waals surface area contributed by atoms with E-state index in [1.165, 1.54) is 37.4 Å². The van der Waals surface area contributed by atoms with E-state index in [0.29, 0.717) is 10.2 Å². The van der Waals surface area contributed by atoms with Crippen LogP contribution in [0.3, 0.4) is 0 Å². The third-order valence-corrected chi connectivity index (χ3v) is 6.23. The van der Waals surface area contributed by atoms with Crippen LogP contribution in [0.2, 0.25) is 5.02 Å². The lowest BCUT2D eigenvalue weighted by Gasteiger charge is -2.24. The summed E-state index contributed by atoms with van der Waals surface area (Å²) < 4.78 is 32.6. The minimum atomic E-state index is -3.98. The van der Waals surface area contributed by atoms with E-state index in [1.54, 1.807) is 6.92 Å². The number of halogens is 2. The molecule has 0 heterocycles. The molecule has 0 fully saturated rings. The number of nitrogens with zero attached hydrogens (tertiary/aromatic N) is 2. The summed E-state index contributed by atoms with van der Waals surface area (Å²) in [6, 6.07) is 7.98. The molecule has 25 heavy (non-hydrogen) atoms. The van der Waals surface area contributed by atoms with Gasteiger partial charge in [-0.1, -0.05) is 11.6 Å². The normalized spacial score (nSPS) is 11.2. The van der Waals surface area contributed by atoms with Crippen molar-refractivity contribution in [3.8, 4) is 5.75 Å². The van der Waals surface area contributed by atoms with E-state index >= 15 is 0 Å². The summed E-state index contributed by atoms with van der Waals surface area (Å²) in [6.45, 7) is 1.66. The van der Waals surface area contributed by atoms with Gasteiger partial charge < -0.3 is 4.74 Å². The van der Waals surface area contributed by atoms with Gasteiger partial charge in [0.2, 0.25) is 0 Å². The zero-order valence-corrected chi connectivity index (χ0v) is 16.4. The molecule has 0 spiro atoms. The number of hydrogen-bond donors (Lipinski definition) is 0. The summed E-state index contributed by atoms with van der Waals surface area (Å²) in [4.78, 5) is 10.4. The van der Waals surface area contributed by atoms with Gasteiger partial charge in [-0.05, 0) is 47.1 Å². The van der Waals surface area contributed by atoms with Crippen molar-refractivity contribution in [3.05, 3.63) is 56.0 Å². The van der Waals surface area contributed by atoms with Gasteiger partial charge in [0.05, 0.1) is 32.1 Å². The first-order chi connectivity index (χ1) is 11.7. The van der Waals surface area contributed by atoms with Gasteiger partial charge >= 0.3 is 0 Å². The molecule has 2 aromatic carbocycles. The van der Waals surface area contributed by atoms with Crippen molar-refractivity contribution in [2.45, 2.75) is 11.8 Å². The second kappa shape index (κ2) is 7.59. The Morgan fingerprint density at radius 3 is 2.48 bits per heavy atom. The number of nitro groups is 1. The lowest BCUT2D eigenvalue weighted by molar-refractivity contribution is -0.384. The van der Waals surface area contributed by atoms with Crippen LogP contribution in [0.15, 0.2) is 45.8 Å². The topological polar surface area (TPSA) is 89.8 Å². The highest BCUT2D eigenvalue weighted by Gasteiger charge is 2.27. The van der Waals surface area contributed by atoms with E-state index < -0.39 is 14.9 Å². The number of non-ortho nitro benzene ring substituents is 1. The Labute approximate surface area is 158 Å². The Hall–Kier alpha value is -1.84. The summed E-state index contributed by atoms with van der Waals surface area (Å²) in [6.07, 6.45) is 0. The molecule has 10 heteroatoms. The summed E-state index contributed by atoms with van der Waals surface area (Å²) in [7, 11) is -2.51. The minimum absolute atomic E-state index is 0.00426. The van der Waals surface area contributed by atoms with Gasteiger partial charge in [0.15, 0.2) is 0 Å². The van der Waals surface area contributed by atoms with E-state index in [1.807, 2.05) is 0 Å². The highest BCUT2D eigenvalue weighted by Crippen LogP contribution is 2.35. The fourth-order valence-corrected chi connectivity index (χ4v) is 4.68. The maximum absolute atomic E-state index is 13.0. The van der Waals surface area contributed by atoms with Crippen LogP contribution in [0.1, 0.15) is 6.92 Å². The zero-order valence-electron chi connectivity index (χ0n) is 13.3. The molecule has 7 nitrogen and oxygen atoms in total. The average Bonchev–Trinajstić information content (AvgIpc) is 2.56. The molecule has 0 aliphatic carbocycles. The van der Waals surface area contributed by atoms with Crippen molar-refractivity contribution >= 4 is 48.9 Å². The SMILES string of the molecule is CCN(c1cc([N+](=O)[O-])ccc1Cl)S(=O)(=O)c1ccc(OC)c(Br)c1. The van der Waals surface area contributed by atoms with Gasteiger partial charge in [0, 0.05) is 18.7 Å². The fraction of sp³-hybridized carbons (Fsp3) is 0.200. The molecule has 0 radical (unpaired) electrons. The monoisotopic (exact) mass is 448 g/mol. The van der Waals surface area contributed by atoms with Gasteiger partial charge in [0.25, 0.3) is 15.7 Å². The molecule has 2 rings (SSSR count). The van der Waals surface area contributed by atoms with Crippen LogP contribution in [-0.4, -0.2) is 27.0 Å². The Balaban J connectivity index is 2.58. The van der Waals surface area contributed by atoms with Crippen molar-refractivity contribution in [1.29, 1.82) is 0 Å². The maximum Gasteiger partial charge on any atom is 0.271 e. The van der Waals surface area contributed by atoms with E-state index in [-0.39, 0.29) is 27.8 Å². The molecule has 0 aliphatic rings. The quantitative estimate of drug-likeness (QED) is 0.486. The second-order valence-electron chi connectivity index (χ2n) is 4.86. The zero-order chi connectivity index (χ0) is 18.8. The lowest BCUT2D eigenvalue weighted by atomic mass is 10.3. The Kier molecular flexibility index (Phi) is 5.91. The molecule has 2 aromatic rings. The lowest BCUT2D eigenvalue weighted by Crippen LogP contribution is -2.31. The Morgan fingerprint density at radius 2 is 1.96 bits per heavy atom. The number of benzene rings is 2. The number of methoxy groups -OCH3 is 1. The first kappa shape index (κ1) is 19.5. The number of hydrogen-bond acceptors (Lipinski definition) is 5. The molecule has 0 saturated heterocycles. The summed E-state index contributed by atoms with van der Waals surface area (Å²) in [5.41, 5.74) is -0.200. The molecule has 0 unspecified atom stereocenters. The van der Waals surface area contributed by atoms with Crippen molar-refractivity contribution in [1.82, 2.24) is 0 Å². The van der Waals surface area contributed by atoms with Crippen molar-refractivity contribution in [2.75, 3.05) is 18.0 Å². The van der Waals surface area contributed by atoms with Crippen LogP contribution >= 0.6 is 27.5 Å². The molecule has 0 amide bonds. The molecule has 134 valence electrons. The van der Waals surface area contributed by atoms with Gasteiger partial charge in [-0.3, -0.25) is 14.4 Å². The number of ether oxygens (including phenoxy) is 1. The largest absolute Gasteiger partial charge is 0.496 e. The highest BCUT2D eigenvalue weighted by molar-refractivity contribution is 9.10. The van der Waals surface area contributed by atoms with Gasteiger partial charge in [-0.25, -0.2) is 8.42 Å².